The molecule has 98 valence electrons. The average Bonchev–Trinajstić information content (AvgIpc) is 2.39. The summed E-state index contributed by atoms with van der Waals surface area (Å²) in [5.41, 5.74) is 3.46. The van der Waals surface area contributed by atoms with Crippen molar-refractivity contribution < 1.29 is 4.79 Å². The van der Waals surface area contributed by atoms with Gasteiger partial charge in [0.2, 0.25) is 0 Å². The Hall–Kier alpha value is -1.06. The Labute approximate surface area is 117 Å². The van der Waals surface area contributed by atoms with Crippen molar-refractivity contribution in [1.82, 2.24) is 0 Å². The number of carbonyl (C=O) groups excluding carboxylic acids is 1. The second-order valence-electron chi connectivity index (χ2n) is 3.90. The lowest BCUT2D eigenvalue weighted by molar-refractivity contribution is -0.116. The number of hydrazone groups is 1. The first-order valence-corrected chi connectivity index (χ1v) is 6.63. The Balaban J connectivity index is 2.66. The van der Waals surface area contributed by atoms with Crippen molar-refractivity contribution >= 4 is 39.8 Å². The summed E-state index contributed by atoms with van der Waals surface area (Å²) in [6.45, 7) is 3.92. The predicted octanol–water partition coefficient (Wildman–Crippen LogP) is 4.31. The number of benzene rings is 1. The van der Waals surface area contributed by atoms with Crippen molar-refractivity contribution in [2.75, 3.05) is 5.43 Å². The first kappa shape index (κ1) is 15.0. The number of anilines is 1. The first-order chi connectivity index (χ1) is 8.58. The topological polar surface area (TPSA) is 41.5 Å². The van der Waals surface area contributed by atoms with E-state index in [2.05, 4.69) is 10.5 Å². The summed E-state index contributed by atoms with van der Waals surface area (Å²) in [5, 5.41) is 4.51. The van der Waals surface area contributed by atoms with E-state index in [1.807, 2.05) is 13.8 Å². The first-order valence-electron chi connectivity index (χ1n) is 5.87. The third kappa shape index (κ3) is 4.31. The Morgan fingerprint density at radius 3 is 2.33 bits per heavy atom. The van der Waals surface area contributed by atoms with Gasteiger partial charge in [0.1, 0.15) is 0 Å². The number of nitrogens with zero attached hydrogens (tertiary/aromatic N) is 1. The van der Waals surface area contributed by atoms with Gasteiger partial charge in [0.25, 0.3) is 0 Å². The van der Waals surface area contributed by atoms with Crippen molar-refractivity contribution in [2.24, 2.45) is 11.0 Å². The maximum Gasteiger partial charge on any atom is 0.197 e. The Morgan fingerprint density at radius 1 is 1.28 bits per heavy atom. The Kier molecular flexibility index (Phi) is 6.16. The minimum absolute atomic E-state index is 0.0151. The van der Waals surface area contributed by atoms with Gasteiger partial charge in [0, 0.05) is 10.9 Å². The zero-order chi connectivity index (χ0) is 13.5. The maximum atomic E-state index is 11.9. The van der Waals surface area contributed by atoms with E-state index in [1.165, 1.54) is 0 Å². The van der Waals surface area contributed by atoms with Crippen molar-refractivity contribution in [3.05, 3.63) is 29.3 Å². The van der Waals surface area contributed by atoms with Gasteiger partial charge in [-0.25, -0.2) is 0 Å². The summed E-state index contributed by atoms with van der Waals surface area (Å²) >= 11 is 11.6. The number of nitrogens with one attached hydrogen (secondary N) is 1. The molecule has 5 heteroatoms. The third-order valence-electron chi connectivity index (χ3n) is 2.69. The Morgan fingerprint density at radius 2 is 1.83 bits per heavy atom. The van der Waals surface area contributed by atoms with Crippen LogP contribution in [-0.2, 0) is 4.79 Å². The molecule has 1 rings (SSSR count). The van der Waals surface area contributed by atoms with Gasteiger partial charge in [-0.05, 0) is 37.1 Å². The molecule has 18 heavy (non-hydrogen) atoms. The number of hydrogen-bond donors (Lipinski definition) is 1. The van der Waals surface area contributed by atoms with Gasteiger partial charge in [-0.2, -0.15) is 5.10 Å². The van der Waals surface area contributed by atoms with Crippen LogP contribution in [0.25, 0.3) is 0 Å². The van der Waals surface area contributed by atoms with Crippen molar-refractivity contribution in [3.63, 3.8) is 0 Å². The molecular formula is C13H16Cl2N2O. The summed E-state index contributed by atoms with van der Waals surface area (Å²) in [6, 6.07) is 6.99. The van der Waals surface area contributed by atoms with E-state index in [4.69, 9.17) is 23.2 Å². The summed E-state index contributed by atoms with van der Waals surface area (Å²) in [7, 11) is 0. The maximum absolute atomic E-state index is 11.9. The predicted molar refractivity (Wildman–Crippen MR) is 77.4 cm³/mol. The zero-order valence-corrected chi connectivity index (χ0v) is 11.9. The molecule has 0 amide bonds. The van der Waals surface area contributed by atoms with E-state index in [0.29, 0.717) is 5.02 Å². The van der Waals surface area contributed by atoms with Crippen LogP contribution in [0, 0.1) is 5.92 Å². The monoisotopic (exact) mass is 286 g/mol. The lowest BCUT2D eigenvalue weighted by Crippen LogP contribution is -2.19. The molecule has 0 radical (unpaired) electrons. The van der Waals surface area contributed by atoms with Gasteiger partial charge in [-0.3, -0.25) is 10.2 Å². The molecule has 0 saturated carbocycles. The number of carbonyl (C=O) groups is 1. The molecule has 0 heterocycles. The molecule has 0 fully saturated rings. The molecule has 1 aromatic carbocycles. The molecule has 1 aromatic rings. The van der Waals surface area contributed by atoms with Crippen LogP contribution in [0.1, 0.15) is 26.7 Å². The van der Waals surface area contributed by atoms with Crippen LogP contribution in [0.4, 0.5) is 5.69 Å². The van der Waals surface area contributed by atoms with E-state index >= 15 is 0 Å². The molecule has 0 aliphatic rings. The number of Topliss-reactive ketones (excluding diaryl/α,β-unsaturated/α-hetero) is 1. The average molecular weight is 287 g/mol. The van der Waals surface area contributed by atoms with Crippen LogP contribution in [0.15, 0.2) is 29.4 Å². The summed E-state index contributed by atoms with van der Waals surface area (Å²) in [4.78, 5) is 11.9. The highest BCUT2D eigenvalue weighted by atomic mass is 35.5. The van der Waals surface area contributed by atoms with E-state index in [0.717, 1.165) is 18.5 Å². The fourth-order valence-corrected chi connectivity index (χ4v) is 1.84. The molecule has 0 bridgehead atoms. The standard InChI is InChI=1S/C13H16Cl2N2O/c1-3-9(4-2)12(18)13(15)17-16-11-7-5-10(14)6-8-11/h5-9,16H,3-4H2,1-2H3/b17-13-. The van der Waals surface area contributed by atoms with E-state index in [1.54, 1.807) is 24.3 Å². The number of halogens is 2. The van der Waals surface area contributed by atoms with E-state index < -0.39 is 0 Å². The second-order valence-corrected chi connectivity index (χ2v) is 4.69. The van der Waals surface area contributed by atoms with Gasteiger partial charge >= 0.3 is 0 Å². The fraction of sp³-hybridized carbons (Fsp3) is 0.385. The largest absolute Gasteiger partial charge is 0.291 e. The van der Waals surface area contributed by atoms with Gasteiger partial charge < -0.3 is 0 Å². The molecule has 0 aliphatic carbocycles. The van der Waals surface area contributed by atoms with Crippen molar-refractivity contribution in [1.29, 1.82) is 0 Å². The van der Waals surface area contributed by atoms with Gasteiger partial charge in [-0.1, -0.05) is 37.0 Å². The number of ketones is 1. The lowest BCUT2D eigenvalue weighted by atomic mass is 9.99. The van der Waals surface area contributed by atoms with Crippen LogP contribution in [0.3, 0.4) is 0 Å². The van der Waals surface area contributed by atoms with Crippen LogP contribution >= 0.6 is 23.2 Å². The molecule has 0 unspecified atom stereocenters. The highest BCUT2D eigenvalue weighted by Gasteiger charge is 2.18. The second kappa shape index (κ2) is 7.39. The quantitative estimate of drug-likeness (QED) is 0.625. The van der Waals surface area contributed by atoms with Gasteiger partial charge in [0.05, 0.1) is 5.69 Å². The highest BCUT2D eigenvalue weighted by Crippen LogP contribution is 2.15. The zero-order valence-electron chi connectivity index (χ0n) is 10.4. The van der Waals surface area contributed by atoms with E-state index in [-0.39, 0.29) is 16.9 Å². The molecule has 0 aromatic heterocycles. The molecule has 0 aliphatic heterocycles. The summed E-state index contributed by atoms with van der Waals surface area (Å²) in [6.07, 6.45) is 1.53. The normalized spacial score (nSPS) is 11.7. The van der Waals surface area contributed by atoms with Crippen molar-refractivity contribution in [3.8, 4) is 0 Å². The molecule has 0 atom stereocenters. The molecule has 1 N–H and O–H groups in total. The van der Waals surface area contributed by atoms with Crippen LogP contribution in [0.2, 0.25) is 5.02 Å². The summed E-state index contributed by atoms with van der Waals surface area (Å²) < 4.78 is 0. The molecule has 0 spiro atoms. The lowest BCUT2D eigenvalue weighted by Gasteiger charge is -2.09. The minimum atomic E-state index is -0.122. The van der Waals surface area contributed by atoms with Crippen molar-refractivity contribution in [2.45, 2.75) is 26.7 Å². The minimum Gasteiger partial charge on any atom is -0.291 e. The van der Waals surface area contributed by atoms with Crippen LogP contribution in [-0.4, -0.2) is 11.0 Å². The summed E-state index contributed by atoms with van der Waals surface area (Å²) in [5.74, 6) is -0.184. The van der Waals surface area contributed by atoms with E-state index in [9.17, 15) is 4.79 Å². The molecular weight excluding hydrogens is 271 g/mol. The highest BCUT2D eigenvalue weighted by molar-refractivity contribution is 6.83. The SMILES string of the molecule is CCC(CC)C(=O)/C(Cl)=N/Nc1ccc(Cl)cc1. The van der Waals surface area contributed by atoms with Gasteiger partial charge in [0.15, 0.2) is 11.0 Å². The number of rotatable bonds is 6. The van der Waals surface area contributed by atoms with Gasteiger partial charge in [-0.15, -0.1) is 0 Å². The smallest absolute Gasteiger partial charge is 0.197 e. The Bertz CT molecular complexity index is 425. The van der Waals surface area contributed by atoms with Crippen LogP contribution < -0.4 is 5.43 Å². The number of hydrogen-bond acceptors (Lipinski definition) is 3. The molecule has 0 saturated heterocycles. The fourth-order valence-electron chi connectivity index (χ4n) is 1.52. The third-order valence-corrected chi connectivity index (χ3v) is 3.21. The van der Waals surface area contributed by atoms with Crippen LogP contribution in [0.5, 0.6) is 0 Å². The molecule has 3 nitrogen and oxygen atoms in total.